The molecule has 3 heterocycles. The Kier molecular flexibility index (Phi) is 8.36. The second-order valence-corrected chi connectivity index (χ2v) is 5.42. The Morgan fingerprint density at radius 1 is 0.704 bits per heavy atom. The van der Waals surface area contributed by atoms with Gasteiger partial charge in [0.2, 0.25) is 35.1 Å². The van der Waals surface area contributed by atoms with E-state index >= 15 is 0 Å². The smallest absolute Gasteiger partial charge is 0.371 e. The zero-order chi connectivity index (χ0) is 20.4. The van der Waals surface area contributed by atoms with Gasteiger partial charge in [0.1, 0.15) is 0 Å². The van der Waals surface area contributed by atoms with E-state index < -0.39 is 11.9 Å². The molecule has 3 rings (SSSR count). The number of furan rings is 1. The first-order chi connectivity index (χ1) is 12.7. The van der Waals surface area contributed by atoms with Gasteiger partial charge in [0.25, 0.3) is 0 Å². The lowest BCUT2D eigenvalue weighted by molar-refractivity contribution is -0.134. The summed E-state index contributed by atoms with van der Waals surface area (Å²) >= 11 is 0. The lowest BCUT2D eigenvalue weighted by atomic mass is 10.1. The molecule has 2 saturated heterocycles. The minimum atomic E-state index is -1.28. The first-order valence-corrected chi connectivity index (χ1v) is 7.91. The molecule has 2 fully saturated rings. The van der Waals surface area contributed by atoms with E-state index in [1.165, 1.54) is 0 Å². The molecule has 11 heteroatoms. The van der Waals surface area contributed by atoms with Crippen LogP contribution in [0.4, 0.5) is 0 Å². The molecule has 1 aromatic rings. The van der Waals surface area contributed by atoms with Crippen LogP contribution in [0.25, 0.3) is 0 Å². The van der Waals surface area contributed by atoms with Gasteiger partial charge in [0, 0.05) is 25.7 Å². The normalized spacial score (nSPS) is 16.0. The van der Waals surface area contributed by atoms with Crippen molar-refractivity contribution in [1.29, 1.82) is 0 Å². The van der Waals surface area contributed by atoms with Crippen LogP contribution in [0.1, 0.15) is 59.6 Å². The van der Waals surface area contributed by atoms with Crippen molar-refractivity contribution in [2.75, 3.05) is 0 Å². The molecule has 0 aliphatic carbocycles. The molecule has 0 saturated carbocycles. The molecule has 27 heavy (non-hydrogen) atoms. The fraction of sp³-hybridized carbons (Fsp3) is 0.375. The number of aromatic carboxylic acids is 2. The van der Waals surface area contributed by atoms with E-state index in [0.29, 0.717) is 38.5 Å². The molecule has 0 aromatic carbocycles. The highest BCUT2D eigenvalue weighted by molar-refractivity contribution is 5.97. The van der Waals surface area contributed by atoms with Gasteiger partial charge in [-0.15, -0.1) is 0 Å². The molecule has 0 unspecified atom stereocenters. The van der Waals surface area contributed by atoms with Crippen LogP contribution in [0.2, 0.25) is 0 Å². The van der Waals surface area contributed by atoms with Crippen molar-refractivity contribution in [3.8, 4) is 0 Å². The first kappa shape index (κ1) is 21.5. The largest absolute Gasteiger partial charge is 0.475 e. The van der Waals surface area contributed by atoms with Gasteiger partial charge in [-0.05, 0) is 25.0 Å². The van der Waals surface area contributed by atoms with Gasteiger partial charge < -0.3 is 14.6 Å². The maximum atomic E-state index is 10.3. The number of amides is 4. The van der Waals surface area contributed by atoms with E-state index in [1.54, 1.807) is 0 Å². The van der Waals surface area contributed by atoms with Gasteiger partial charge in [-0.25, -0.2) is 9.59 Å². The number of hydrogen-bond acceptors (Lipinski definition) is 7. The Hall–Kier alpha value is -3.50. The predicted octanol–water partition coefficient (Wildman–Crippen LogP) is 0.302. The van der Waals surface area contributed by atoms with E-state index in [1.807, 2.05) is 0 Å². The highest BCUT2D eigenvalue weighted by atomic mass is 16.4. The second kappa shape index (κ2) is 10.5. The summed E-state index contributed by atoms with van der Waals surface area (Å²) in [7, 11) is 0. The lowest BCUT2D eigenvalue weighted by Gasteiger charge is -2.07. The Balaban J connectivity index is 0.000000206. The number of imide groups is 2. The van der Waals surface area contributed by atoms with Crippen molar-refractivity contribution in [3.63, 3.8) is 0 Å². The number of rotatable bonds is 2. The molecule has 4 amide bonds. The zero-order valence-corrected chi connectivity index (χ0v) is 14.1. The van der Waals surface area contributed by atoms with Gasteiger partial charge in [-0.3, -0.25) is 29.8 Å². The number of hydrogen-bond donors (Lipinski definition) is 4. The Bertz CT molecular complexity index is 662. The van der Waals surface area contributed by atoms with Crippen LogP contribution in [0.3, 0.4) is 0 Å². The molecule has 1 aromatic heterocycles. The fourth-order valence-corrected chi connectivity index (χ4v) is 1.95. The standard InChI is InChI=1S/C6H4O5.2C5H7NO2/c7-5(8)3-1-2-4(11-3)6(9)10;2*7-4-2-1-3-5(8)6-4/h1-2H,(H,7,8)(H,9,10);2*1-3H2,(H,6,7,8). The fourth-order valence-electron chi connectivity index (χ4n) is 1.95. The van der Waals surface area contributed by atoms with Crippen LogP contribution >= 0.6 is 0 Å². The first-order valence-electron chi connectivity index (χ1n) is 7.91. The number of nitrogens with one attached hydrogen (secondary N) is 2. The molecule has 0 radical (unpaired) electrons. The van der Waals surface area contributed by atoms with Crippen molar-refractivity contribution in [2.24, 2.45) is 0 Å². The quantitative estimate of drug-likeness (QED) is 0.523. The van der Waals surface area contributed by atoms with Crippen molar-refractivity contribution in [1.82, 2.24) is 10.6 Å². The van der Waals surface area contributed by atoms with Crippen molar-refractivity contribution < 1.29 is 43.4 Å². The van der Waals surface area contributed by atoms with Gasteiger partial charge in [0.15, 0.2) is 0 Å². The third-order valence-electron chi connectivity index (χ3n) is 3.20. The number of carbonyl (C=O) groups excluding carboxylic acids is 4. The van der Waals surface area contributed by atoms with Gasteiger partial charge in [-0.2, -0.15) is 0 Å². The number of carbonyl (C=O) groups is 6. The summed E-state index contributed by atoms with van der Waals surface area (Å²) in [6.07, 6.45) is 3.45. The van der Waals surface area contributed by atoms with Gasteiger partial charge >= 0.3 is 11.9 Å². The monoisotopic (exact) mass is 382 g/mol. The average Bonchev–Trinajstić information content (AvgIpc) is 3.06. The molecular formula is C16H18N2O9. The van der Waals surface area contributed by atoms with Crippen molar-refractivity contribution in [3.05, 3.63) is 23.7 Å². The summed E-state index contributed by atoms with van der Waals surface area (Å²) in [6.45, 7) is 0. The van der Waals surface area contributed by atoms with Gasteiger partial charge in [-0.1, -0.05) is 0 Å². The van der Waals surface area contributed by atoms with E-state index in [0.717, 1.165) is 12.1 Å². The molecule has 146 valence electrons. The van der Waals surface area contributed by atoms with Crippen LogP contribution in [0.5, 0.6) is 0 Å². The molecule has 0 atom stereocenters. The Morgan fingerprint density at radius 2 is 1.00 bits per heavy atom. The summed E-state index contributed by atoms with van der Waals surface area (Å²) < 4.78 is 4.41. The minimum Gasteiger partial charge on any atom is -0.475 e. The molecule has 11 nitrogen and oxygen atoms in total. The number of piperidine rings is 2. The lowest BCUT2D eigenvalue weighted by Crippen LogP contribution is -2.33. The van der Waals surface area contributed by atoms with Crippen LogP contribution in [0, 0.1) is 0 Å². The van der Waals surface area contributed by atoms with E-state index in [2.05, 4.69) is 15.1 Å². The molecule has 0 bridgehead atoms. The van der Waals surface area contributed by atoms with Crippen molar-refractivity contribution >= 4 is 35.6 Å². The third-order valence-corrected chi connectivity index (χ3v) is 3.20. The minimum absolute atomic E-state index is 0.138. The summed E-state index contributed by atoms with van der Waals surface area (Å²) in [6, 6.07) is 2.18. The molecule has 2 aliphatic rings. The van der Waals surface area contributed by atoms with Crippen LogP contribution in [0.15, 0.2) is 16.5 Å². The van der Waals surface area contributed by atoms with Gasteiger partial charge in [0.05, 0.1) is 0 Å². The summed E-state index contributed by atoms with van der Waals surface area (Å²) in [5, 5.41) is 21.0. The maximum absolute atomic E-state index is 10.3. The van der Waals surface area contributed by atoms with E-state index in [-0.39, 0.29) is 35.1 Å². The van der Waals surface area contributed by atoms with Crippen molar-refractivity contribution in [2.45, 2.75) is 38.5 Å². The third kappa shape index (κ3) is 8.43. The average molecular weight is 382 g/mol. The van der Waals surface area contributed by atoms with Crippen LogP contribution in [-0.2, 0) is 19.2 Å². The topological polar surface area (TPSA) is 180 Å². The highest BCUT2D eigenvalue weighted by Gasteiger charge is 2.14. The zero-order valence-electron chi connectivity index (χ0n) is 14.1. The second-order valence-electron chi connectivity index (χ2n) is 5.42. The number of carboxylic acids is 2. The molecule has 0 spiro atoms. The summed E-state index contributed by atoms with van der Waals surface area (Å²) in [5.41, 5.74) is 0. The molecule has 4 N–H and O–H groups in total. The number of carboxylic acid groups (broad SMARTS) is 2. The van der Waals surface area contributed by atoms with E-state index in [9.17, 15) is 28.8 Å². The SMILES string of the molecule is O=C(O)c1ccc(C(=O)O)o1.O=C1CCCC(=O)N1.O=C1CCCC(=O)N1. The molecular weight excluding hydrogens is 364 g/mol. The van der Waals surface area contributed by atoms with Crippen LogP contribution < -0.4 is 10.6 Å². The van der Waals surface area contributed by atoms with Crippen LogP contribution in [-0.4, -0.2) is 45.8 Å². The highest BCUT2D eigenvalue weighted by Crippen LogP contribution is 2.07. The maximum Gasteiger partial charge on any atom is 0.371 e. The summed E-state index contributed by atoms with van der Waals surface area (Å²) in [5.74, 6) is -3.86. The molecule has 2 aliphatic heterocycles. The summed E-state index contributed by atoms with van der Waals surface area (Å²) in [4.78, 5) is 61.7. The Morgan fingerprint density at radius 3 is 1.15 bits per heavy atom. The van der Waals surface area contributed by atoms with E-state index in [4.69, 9.17) is 10.2 Å². The predicted molar refractivity (Wildman–Crippen MR) is 86.6 cm³/mol. The Labute approximate surface area is 152 Å².